The zero-order chi connectivity index (χ0) is 16.8. The fourth-order valence-electron chi connectivity index (χ4n) is 2.46. The van der Waals surface area contributed by atoms with Gasteiger partial charge in [0.15, 0.2) is 0 Å². The Morgan fingerprint density at radius 2 is 1.54 bits per heavy atom. The molecule has 0 spiro atoms. The molecule has 3 aromatic rings. The minimum atomic E-state index is -0.167. The molecule has 4 nitrogen and oxygen atoms in total. The summed E-state index contributed by atoms with van der Waals surface area (Å²) in [5, 5.41) is 5.40. The summed E-state index contributed by atoms with van der Waals surface area (Å²) in [6.45, 7) is 4.08. The van der Waals surface area contributed by atoms with Crippen LogP contribution in [0, 0.1) is 0 Å². The van der Waals surface area contributed by atoms with Gasteiger partial charge in [0, 0.05) is 11.1 Å². The maximum atomic E-state index is 12.0. The van der Waals surface area contributed by atoms with Gasteiger partial charge in [-0.05, 0) is 17.0 Å². The number of hydrogen-bond acceptors (Lipinski definition) is 3. The number of hydrazine groups is 1. The highest BCUT2D eigenvalue weighted by molar-refractivity contribution is 5.95. The van der Waals surface area contributed by atoms with Crippen molar-refractivity contribution in [1.82, 2.24) is 10.9 Å². The number of anilines is 1. The monoisotopic (exact) mass is 317 g/mol. The van der Waals surface area contributed by atoms with Crippen molar-refractivity contribution in [3.8, 4) is 0 Å². The highest BCUT2D eigenvalue weighted by Crippen LogP contribution is 2.22. The Labute approximate surface area is 141 Å². The van der Waals surface area contributed by atoms with E-state index in [4.69, 9.17) is 0 Å². The van der Waals surface area contributed by atoms with Crippen LogP contribution in [0.4, 0.5) is 5.69 Å². The normalized spacial score (nSPS) is 10.2. The molecule has 120 valence electrons. The molecular weight excluding hydrogens is 298 g/mol. The molecule has 3 rings (SSSR count). The molecule has 0 bridgehead atoms. The molecule has 0 aromatic heterocycles. The first-order valence-electron chi connectivity index (χ1n) is 7.75. The van der Waals surface area contributed by atoms with Gasteiger partial charge in [-0.25, -0.2) is 0 Å². The van der Waals surface area contributed by atoms with Gasteiger partial charge in [0.1, 0.15) is 0 Å². The first-order valence-corrected chi connectivity index (χ1v) is 7.75. The lowest BCUT2D eigenvalue weighted by Gasteiger charge is -2.13. The quantitative estimate of drug-likeness (QED) is 0.610. The molecule has 0 aliphatic heterocycles. The molecule has 24 heavy (non-hydrogen) atoms. The van der Waals surface area contributed by atoms with Crippen LogP contribution in [0.3, 0.4) is 0 Å². The van der Waals surface area contributed by atoms with Crippen molar-refractivity contribution in [3.63, 3.8) is 0 Å². The number of hydrogen-bond donors (Lipinski definition) is 3. The van der Waals surface area contributed by atoms with Crippen LogP contribution in [-0.2, 0) is 4.79 Å². The number of benzene rings is 3. The number of amides is 1. The van der Waals surface area contributed by atoms with Crippen LogP contribution in [0.1, 0.15) is 5.56 Å². The molecule has 0 heterocycles. The zero-order valence-electron chi connectivity index (χ0n) is 13.3. The predicted octanol–water partition coefficient (Wildman–Crippen LogP) is 3.54. The van der Waals surface area contributed by atoms with Crippen molar-refractivity contribution >= 4 is 28.1 Å². The van der Waals surface area contributed by atoms with Gasteiger partial charge in [-0.15, -0.1) is 0 Å². The summed E-state index contributed by atoms with van der Waals surface area (Å²) in [6, 6.07) is 23.7. The van der Waals surface area contributed by atoms with E-state index >= 15 is 0 Å². The van der Waals surface area contributed by atoms with Gasteiger partial charge in [0.2, 0.25) is 0 Å². The van der Waals surface area contributed by atoms with Crippen LogP contribution >= 0.6 is 0 Å². The van der Waals surface area contributed by atoms with Crippen molar-refractivity contribution in [2.24, 2.45) is 0 Å². The highest BCUT2D eigenvalue weighted by atomic mass is 16.2. The van der Waals surface area contributed by atoms with Gasteiger partial charge in [-0.3, -0.25) is 15.6 Å². The largest absolute Gasteiger partial charge is 0.376 e. The Morgan fingerprint density at radius 3 is 2.38 bits per heavy atom. The van der Waals surface area contributed by atoms with Gasteiger partial charge in [0.05, 0.1) is 12.2 Å². The summed E-state index contributed by atoms with van der Waals surface area (Å²) >= 11 is 0. The van der Waals surface area contributed by atoms with Gasteiger partial charge in [-0.1, -0.05) is 73.3 Å². The number of carbonyl (C=O) groups excluding carboxylic acids is 1. The standard InChI is InChI=1S/C20H19N3O/c1-15(16-8-3-2-4-9-16)22-23-20(24)14-21-19-13-7-11-17-10-5-6-12-18(17)19/h2-13,21-22H,1,14H2,(H,23,24). The van der Waals surface area contributed by atoms with Gasteiger partial charge in [0.25, 0.3) is 5.91 Å². The van der Waals surface area contributed by atoms with Crippen molar-refractivity contribution in [2.45, 2.75) is 0 Å². The van der Waals surface area contributed by atoms with Crippen LogP contribution < -0.4 is 16.2 Å². The lowest BCUT2D eigenvalue weighted by molar-refractivity contribution is -0.120. The van der Waals surface area contributed by atoms with E-state index in [2.05, 4.69) is 22.7 Å². The van der Waals surface area contributed by atoms with Gasteiger partial charge >= 0.3 is 0 Å². The lowest BCUT2D eigenvalue weighted by Crippen LogP contribution is -2.39. The summed E-state index contributed by atoms with van der Waals surface area (Å²) in [5.41, 5.74) is 8.00. The molecule has 0 unspecified atom stereocenters. The Hall–Kier alpha value is -3.27. The molecule has 0 aliphatic rings. The van der Waals surface area contributed by atoms with Gasteiger partial charge in [-0.2, -0.15) is 0 Å². The summed E-state index contributed by atoms with van der Waals surface area (Å²) < 4.78 is 0. The van der Waals surface area contributed by atoms with Crippen LogP contribution in [-0.4, -0.2) is 12.5 Å². The average Bonchev–Trinajstić information content (AvgIpc) is 2.65. The highest BCUT2D eigenvalue weighted by Gasteiger charge is 2.04. The molecule has 0 atom stereocenters. The predicted molar refractivity (Wildman–Crippen MR) is 99.2 cm³/mol. The maximum Gasteiger partial charge on any atom is 0.257 e. The SMILES string of the molecule is C=C(NNC(=O)CNc1cccc2ccccc12)c1ccccc1. The Balaban J connectivity index is 1.55. The lowest BCUT2D eigenvalue weighted by atomic mass is 10.1. The summed E-state index contributed by atoms with van der Waals surface area (Å²) in [6.07, 6.45) is 0. The summed E-state index contributed by atoms with van der Waals surface area (Å²) in [7, 11) is 0. The van der Waals surface area contributed by atoms with Crippen LogP contribution in [0.25, 0.3) is 16.5 Å². The van der Waals surface area contributed by atoms with E-state index < -0.39 is 0 Å². The molecule has 0 saturated carbocycles. The maximum absolute atomic E-state index is 12.0. The molecule has 0 radical (unpaired) electrons. The van der Waals surface area contributed by atoms with E-state index in [0.717, 1.165) is 22.0 Å². The van der Waals surface area contributed by atoms with E-state index in [1.165, 1.54) is 0 Å². The van der Waals surface area contributed by atoms with E-state index in [0.29, 0.717) is 5.70 Å². The van der Waals surface area contributed by atoms with Crippen molar-refractivity contribution in [2.75, 3.05) is 11.9 Å². The van der Waals surface area contributed by atoms with Gasteiger partial charge < -0.3 is 5.32 Å². The van der Waals surface area contributed by atoms with E-state index in [-0.39, 0.29) is 12.5 Å². The molecule has 3 aromatic carbocycles. The zero-order valence-corrected chi connectivity index (χ0v) is 13.3. The Kier molecular flexibility index (Phi) is 4.77. The third-order valence-electron chi connectivity index (χ3n) is 3.70. The fourth-order valence-corrected chi connectivity index (χ4v) is 2.46. The Morgan fingerprint density at radius 1 is 0.833 bits per heavy atom. The third-order valence-corrected chi connectivity index (χ3v) is 3.70. The average molecular weight is 317 g/mol. The second-order valence-corrected chi connectivity index (χ2v) is 5.40. The van der Waals surface area contributed by atoms with E-state index in [9.17, 15) is 4.79 Å². The fraction of sp³-hybridized carbons (Fsp3) is 0.0500. The smallest absolute Gasteiger partial charge is 0.257 e. The van der Waals surface area contributed by atoms with E-state index in [1.807, 2.05) is 72.8 Å². The number of nitrogens with one attached hydrogen (secondary N) is 3. The molecule has 0 saturated heterocycles. The molecule has 0 fully saturated rings. The first-order chi connectivity index (χ1) is 11.7. The topological polar surface area (TPSA) is 53.2 Å². The molecule has 1 amide bonds. The minimum Gasteiger partial charge on any atom is -0.376 e. The summed E-state index contributed by atoms with van der Waals surface area (Å²) in [5.74, 6) is -0.167. The third kappa shape index (κ3) is 3.73. The van der Waals surface area contributed by atoms with Crippen molar-refractivity contribution < 1.29 is 4.79 Å². The molecular formula is C20H19N3O. The Bertz CT molecular complexity index is 854. The van der Waals surface area contributed by atoms with E-state index in [1.54, 1.807) is 0 Å². The number of carbonyl (C=O) groups is 1. The van der Waals surface area contributed by atoms with Crippen LogP contribution in [0.5, 0.6) is 0 Å². The molecule has 4 heteroatoms. The van der Waals surface area contributed by atoms with Crippen molar-refractivity contribution in [1.29, 1.82) is 0 Å². The minimum absolute atomic E-state index is 0.167. The molecule has 3 N–H and O–H groups in total. The second kappa shape index (κ2) is 7.33. The first kappa shape index (κ1) is 15.6. The molecule has 0 aliphatic carbocycles. The second-order valence-electron chi connectivity index (χ2n) is 5.40. The van der Waals surface area contributed by atoms with Crippen molar-refractivity contribution in [3.05, 3.63) is 84.9 Å². The van der Waals surface area contributed by atoms with Crippen LogP contribution in [0.2, 0.25) is 0 Å². The number of rotatable bonds is 6. The van der Waals surface area contributed by atoms with Crippen LogP contribution in [0.15, 0.2) is 79.4 Å². The number of fused-ring (bicyclic) bond motifs is 1. The summed E-state index contributed by atoms with van der Waals surface area (Å²) in [4.78, 5) is 12.0.